The van der Waals surface area contributed by atoms with Gasteiger partial charge >= 0.3 is 0 Å². The van der Waals surface area contributed by atoms with E-state index in [0.29, 0.717) is 5.95 Å². The molecular formula is C48H27N3O2. The van der Waals surface area contributed by atoms with E-state index in [-0.39, 0.29) is 0 Å². The molecule has 4 heterocycles. The van der Waals surface area contributed by atoms with Crippen LogP contribution in [0.15, 0.2) is 173 Å². The summed E-state index contributed by atoms with van der Waals surface area (Å²) in [5, 5.41) is 9.64. The summed E-state index contributed by atoms with van der Waals surface area (Å²) in [4.78, 5) is 10.8. The number of hydrogen-bond acceptors (Lipinski definition) is 4. The standard InChI is InChI=1S/C48H27N3O2/c1-2-12-28(13-3-1)30-26-38-36-23-22-29-14-4-5-15-31(29)45(36)53-46(38)39(27-30)43-37-18-6-9-19-40(37)49-48(50-43)51-41-20-10-7-16-32(41)34-24-25-35-33-17-8-11-21-42(33)52-47(35)44(34)51/h1-27H. The average Bonchev–Trinajstić information content (AvgIpc) is 3.90. The van der Waals surface area contributed by atoms with E-state index < -0.39 is 0 Å². The van der Waals surface area contributed by atoms with Crippen LogP contribution in [0.1, 0.15) is 0 Å². The quantitative estimate of drug-likeness (QED) is 0.187. The third kappa shape index (κ3) is 4.02. The third-order valence-electron chi connectivity index (χ3n) is 10.8. The van der Waals surface area contributed by atoms with Crippen LogP contribution in [-0.2, 0) is 0 Å². The van der Waals surface area contributed by atoms with E-state index in [1.54, 1.807) is 0 Å². The van der Waals surface area contributed by atoms with Crippen molar-refractivity contribution in [3.63, 3.8) is 0 Å². The highest BCUT2D eigenvalue weighted by atomic mass is 16.3. The summed E-state index contributed by atoms with van der Waals surface area (Å²) in [6, 6.07) is 57.1. The van der Waals surface area contributed by atoms with E-state index >= 15 is 0 Å². The van der Waals surface area contributed by atoms with Crippen LogP contribution in [0.4, 0.5) is 0 Å². The van der Waals surface area contributed by atoms with Crippen LogP contribution in [0.3, 0.4) is 0 Å². The van der Waals surface area contributed by atoms with E-state index in [1.807, 2.05) is 18.2 Å². The Balaban J connectivity index is 1.23. The summed E-state index contributed by atoms with van der Waals surface area (Å²) < 4.78 is 15.8. The molecule has 0 aliphatic heterocycles. The molecule has 0 atom stereocenters. The molecule has 0 fully saturated rings. The fourth-order valence-electron chi connectivity index (χ4n) is 8.39. The Bertz CT molecular complexity index is 3460. The minimum Gasteiger partial charge on any atom is -0.455 e. The molecule has 4 aromatic heterocycles. The molecule has 0 unspecified atom stereocenters. The maximum absolute atomic E-state index is 6.97. The molecule has 0 aliphatic carbocycles. The fourth-order valence-corrected chi connectivity index (χ4v) is 8.39. The van der Waals surface area contributed by atoms with Crippen LogP contribution in [0.5, 0.6) is 0 Å². The SMILES string of the molecule is c1ccc(-c2cc(-c3nc(-n4c5ccccc5c5ccc6c7ccccc7oc6c54)nc4ccccc34)c3oc4c5ccccc5ccc4c3c2)cc1. The normalized spacial score (nSPS) is 12.2. The smallest absolute Gasteiger partial charge is 0.235 e. The lowest BCUT2D eigenvalue weighted by Crippen LogP contribution is -2.03. The van der Waals surface area contributed by atoms with E-state index in [2.05, 4.69) is 150 Å². The highest BCUT2D eigenvalue weighted by molar-refractivity contribution is 6.22. The van der Waals surface area contributed by atoms with E-state index in [4.69, 9.17) is 18.8 Å². The first-order valence-corrected chi connectivity index (χ1v) is 17.8. The van der Waals surface area contributed by atoms with Gasteiger partial charge in [-0.25, -0.2) is 9.97 Å². The zero-order valence-corrected chi connectivity index (χ0v) is 28.2. The first kappa shape index (κ1) is 28.5. The van der Waals surface area contributed by atoms with Crippen molar-refractivity contribution in [3.8, 4) is 28.3 Å². The number of fused-ring (bicyclic) bond motifs is 13. The molecule has 0 radical (unpaired) electrons. The number of aromatic nitrogens is 3. The van der Waals surface area contributed by atoms with Gasteiger partial charge in [0.25, 0.3) is 0 Å². The third-order valence-corrected chi connectivity index (χ3v) is 10.8. The number of rotatable bonds is 3. The van der Waals surface area contributed by atoms with Crippen LogP contribution in [0.25, 0.3) is 116 Å². The van der Waals surface area contributed by atoms with Crippen LogP contribution in [-0.4, -0.2) is 14.5 Å². The van der Waals surface area contributed by atoms with Crippen molar-refractivity contribution in [1.29, 1.82) is 0 Å². The number of hydrogen-bond donors (Lipinski definition) is 0. The highest BCUT2D eigenvalue weighted by Gasteiger charge is 2.24. The first-order valence-electron chi connectivity index (χ1n) is 17.8. The molecule has 5 nitrogen and oxygen atoms in total. The number of benzene rings is 8. The Morgan fingerprint density at radius 2 is 1.11 bits per heavy atom. The molecule has 5 heteroatoms. The van der Waals surface area contributed by atoms with Gasteiger partial charge in [-0.15, -0.1) is 0 Å². The Hall–Kier alpha value is -7.24. The van der Waals surface area contributed by atoms with Gasteiger partial charge < -0.3 is 8.83 Å². The second-order valence-electron chi connectivity index (χ2n) is 13.7. The van der Waals surface area contributed by atoms with Gasteiger partial charge in [0.05, 0.1) is 16.7 Å². The van der Waals surface area contributed by atoms with Crippen LogP contribution >= 0.6 is 0 Å². The summed E-state index contributed by atoms with van der Waals surface area (Å²) >= 11 is 0. The van der Waals surface area contributed by atoms with E-state index in [0.717, 1.165) is 110 Å². The maximum Gasteiger partial charge on any atom is 0.235 e. The molecule has 0 amide bonds. The summed E-state index contributed by atoms with van der Waals surface area (Å²) in [6.45, 7) is 0. The molecule has 53 heavy (non-hydrogen) atoms. The van der Waals surface area contributed by atoms with E-state index in [9.17, 15) is 0 Å². The van der Waals surface area contributed by atoms with Crippen LogP contribution in [0.2, 0.25) is 0 Å². The van der Waals surface area contributed by atoms with Crippen molar-refractivity contribution in [2.75, 3.05) is 0 Å². The van der Waals surface area contributed by atoms with Gasteiger partial charge in [-0.1, -0.05) is 121 Å². The summed E-state index contributed by atoms with van der Waals surface area (Å²) in [5.41, 5.74) is 10.1. The van der Waals surface area contributed by atoms with Gasteiger partial charge in [0.1, 0.15) is 22.3 Å². The zero-order valence-electron chi connectivity index (χ0n) is 28.2. The van der Waals surface area contributed by atoms with Gasteiger partial charge in [-0.3, -0.25) is 4.57 Å². The largest absolute Gasteiger partial charge is 0.455 e. The Morgan fingerprint density at radius 1 is 0.415 bits per heavy atom. The minimum absolute atomic E-state index is 0.567. The van der Waals surface area contributed by atoms with Crippen molar-refractivity contribution >= 4 is 87.4 Å². The molecular weight excluding hydrogens is 651 g/mol. The molecule has 0 spiro atoms. The van der Waals surface area contributed by atoms with Gasteiger partial charge in [0, 0.05) is 48.7 Å². The van der Waals surface area contributed by atoms with Gasteiger partial charge in [0.15, 0.2) is 5.58 Å². The lowest BCUT2D eigenvalue weighted by Gasteiger charge is -2.13. The number of nitrogens with zero attached hydrogens (tertiary/aromatic N) is 3. The van der Waals surface area contributed by atoms with Crippen molar-refractivity contribution in [1.82, 2.24) is 14.5 Å². The van der Waals surface area contributed by atoms with E-state index in [1.165, 1.54) is 0 Å². The minimum atomic E-state index is 0.567. The van der Waals surface area contributed by atoms with Crippen LogP contribution in [0, 0.1) is 0 Å². The second kappa shape index (κ2) is 10.6. The summed E-state index contributed by atoms with van der Waals surface area (Å²) in [6.07, 6.45) is 0. The molecule has 12 rings (SSSR count). The van der Waals surface area contributed by atoms with Crippen molar-refractivity contribution < 1.29 is 8.83 Å². The molecule has 8 aromatic carbocycles. The lowest BCUT2D eigenvalue weighted by atomic mass is 9.96. The monoisotopic (exact) mass is 677 g/mol. The molecule has 0 saturated carbocycles. The molecule has 0 saturated heterocycles. The van der Waals surface area contributed by atoms with Crippen molar-refractivity contribution in [3.05, 3.63) is 164 Å². The predicted molar refractivity (Wildman–Crippen MR) is 217 cm³/mol. The van der Waals surface area contributed by atoms with Gasteiger partial charge in [-0.2, -0.15) is 0 Å². The second-order valence-corrected chi connectivity index (χ2v) is 13.7. The Labute approximate surface area is 302 Å². The highest BCUT2D eigenvalue weighted by Crippen LogP contribution is 2.44. The number of para-hydroxylation sites is 3. The fraction of sp³-hybridized carbons (Fsp3) is 0. The van der Waals surface area contributed by atoms with Gasteiger partial charge in [-0.05, 0) is 59.0 Å². The molecule has 12 aromatic rings. The van der Waals surface area contributed by atoms with Crippen molar-refractivity contribution in [2.45, 2.75) is 0 Å². The lowest BCUT2D eigenvalue weighted by molar-refractivity contribution is 0.670. The number of furan rings is 2. The summed E-state index contributed by atoms with van der Waals surface area (Å²) in [7, 11) is 0. The van der Waals surface area contributed by atoms with Crippen LogP contribution < -0.4 is 0 Å². The maximum atomic E-state index is 6.97. The Kier molecular flexibility index (Phi) is 5.71. The van der Waals surface area contributed by atoms with Gasteiger partial charge in [0.2, 0.25) is 5.95 Å². The predicted octanol–water partition coefficient (Wildman–Crippen LogP) is 13.0. The molecule has 0 N–H and O–H groups in total. The topological polar surface area (TPSA) is 57.0 Å². The van der Waals surface area contributed by atoms with Crippen molar-refractivity contribution in [2.24, 2.45) is 0 Å². The zero-order chi connectivity index (χ0) is 34.6. The Morgan fingerprint density at radius 3 is 2.02 bits per heavy atom. The molecule has 0 bridgehead atoms. The first-order chi connectivity index (χ1) is 26.3. The average molecular weight is 678 g/mol. The molecule has 246 valence electrons. The molecule has 0 aliphatic rings. The summed E-state index contributed by atoms with van der Waals surface area (Å²) in [5.74, 6) is 0.567.